The van der Waals surface area contributed by atoms with Gasteiger partial charge in [-0.3, -0.25) is 4.79 Å². The lowest BCUT2D eigenvalue weighted by Gasteiger charge is -2.34. The second-order valence-corrected chi connectivity index (χ2v) is 10.2. The molecule has 9 heteroatoms. The molecule has 1 fully saturated rings. The van der Waals surface area contributed by atoms with Crippen LogP contribution in [0.15, 0.2) is 71.6 Å². The van der Waals surface area contributed by atoms with Crippen molar-refractivity contribution < 1.29 is 27.5 Å². The third-order valence-corrected chi connectivity index (χ3v) is 7.36. The molecule has 1 N–H and O–H groups in total. The minimum atomic E-state index is -3.71. The van der Waals surface area contributed by atoms with Gasteiger partial charge in [0.25, 0.3) is 5.91 Å². The molecule has 3 aromatic carbocycles. The fourth-order valence-electron chi connectivity index (χ4n) is 3.97. The van der Waals surface area contributed by atoms with Gasteiger partial charge in [0.15, 0.2) is 6.61 Å². The summed E-state index contributed by atoms with van der Waals surface area (Å²) >= 11 is 0. The number of morpholine rings is 1. The minimum absolute atomic E-state index is 0.0825. The fraction of sp³-hybridized carbons (Fsp3) is 0.280. The van der Waals surface area contributed by atoms with Crippen LogP contribution in [-0.2, 0) is 24.3 Å². The Morgan fingerprint density at radius 2 is 1.62 bits per heavy atom. The predicted molar refractivity (Wildman–Crippen MR) is 128 cm³/mol. The van der Waals surface area contributed by atoms with Gasteiger partial charge in [0.1, 0.15) is 0 Å². The first-order chi connectivity index (χ1) is 16.2. The number of fused-ring (bicyclic) bond motifs is 1. The molecule has 2 unspecified atom stereocenters. The first-order valence-electron chi connectivity index (χ1n) is 10.9. The molecule has 3 aromatic rings. The van der Waals surface area contributed by atoms with Crippen LogP contribution in [0, 0.1) is 0 Å². The highest BCUT2D eigenvalue weighted by molar-refractivity contribution is 7.89. The quantitative estimate of drug-likeness (QED) is 0.540. The standard InChI is InChI=1S/C25H26N2O6S/c1-17-14-27(15-18(2)33-17)34(30,31)21-12-10-20(11-13-21)25(29)32-16-24(28)26-23-9-5-7-19-6-3-4-8-22(19)23/h3-13,17-18H,14-16H2,1-2H3,(H,26,28). The Kier molecular flexibility index (Phi) is 6.97. The van der Waals surface area contributed by atoms with E-state index in [-0.39, 0.29) is 35.8 Å². The zero-order valence-electron chi connectivity index (χ0n) is 18.9. The molecule has 178 valence electrons. The van der Waals surface area contributed by atoms with Crippen LogP contribution in [0.5, 0.6) is 0 Å². The number of esters is 1. The van der Waals surface area contributed by atoms with Crippen molar-refractivity contribution in [3.8, 4) is 0 Å². The van der Waals surface area contributed by atoms with Gasteiger partial charge in [0.2, 0.25) is 10.0 Å². The molecular weight excluding hydrogens is 456 g/mol. The molecule has 0 saturated carbocycles. The van der Waals surface area contributed by atoms with Crippen LogP contribution in [0.3, 0.4) is 0 Å². The third-order valence-electron chi connectivity index (χ3n) is 5.51. The molecule has 0 aromatic heterocycles. The Bertz CT molecular complexity index is 1290. The number of sulfonamides is 1. The summed E-state index contributed by atoms with van der Waals surface area (Å²) in [5.74, 6) is -1.19. The summed E-state index contributed by atoms with van der Waals surface area (Å²) in [6.45, 7) is 3.72. The maximum atomic E-state index is 12.9. The summed E-state index contributed by atoms with van der Waals surface area (Å²) in [6.07, 6.45) is -0.402. The molecule has 1 saturated heterocycles. The number of anilines is 1. The molecule has 1 heterocycles. The number of hydrogen-bond acceptors (Lipinski definition) is 6. The maximum absolute atomic E-state index is 12.9. The van der Waals surface area contributed by atoms with E-state index in [4.69, 9.17) is 9.47 Å². The Hall–Kier alpha value is -3.27. The number of hydrogen-bond donors (Lipinski definition) is 1. The summed E-state index contributed by atoms with van der Waals surface area (Å²) in [4.78, 5) is 24.8. The summed E-state index contributed by atoms with van der Waals surface area (Å²) < 4.78 is 38.0. The lowest BCUT2D eigenvalue weighted by molar-refractivity contribution is -0.119. The zero-order valence-corrected chi connectivity index (χ0v) is 19.7. The average molecular weight is 483 g/mol. The molecule has 1 aliphatic rings. The van der Waals surface area contributed by atoms with Crippen molar-refractivity contribution in [2.24, 2.45) is 0 Å². The van der Waals surface area contributed by atoms with E-state index in [2.05, 4.69) is 5.32 Å². The van der Waals surface area contributed by atoms with Gasteiger partial charge in [-0.2, -0.15) is 4.31 Å². The van der Waals surface area contributed by atoms with Gasteiger partial charge in [0, 0.05) is 24.2 Å². The van der Waals surface area contributed by atoms with Crippen molar-refractivity contribution in [2.45, 2.75) is 31.0 Å². The monoisotopic (exact) mass is 482 g/mol. The predicted octanol–water partition coefficient (Wildman–Crippen LogP) is 3.43. The molecule has 0 radical (unpaired) electrons. The SMILES string of the molecule is CC1CN(S(=O)(=O)c2ccc(C(=O)OCC(=O)Nc3cccc4ccccc34)cc2)CC(C)O1. The molecule has 2 atom stereocenters. The van der Waals surface area contributed by atoms with Crippen LogP contribution < -0.4 is 5.32 Å². The van der Waals surface area contributed by atoms with Crippen molar-refractivity contribution in [3.05, 3.63) is 72.3 Å². The fourth-order valence-corrected chi connectivity index (χ4v) is 5.56. The van der Waals surface area contributed by atoms with E-state index in [1.54, 1.807) is 6.07 Å². The highest BCUT2D eigenvalue weighted by Crippen LogP contribution is 2.23. The highest BCUT2D eigenvalue weighted by Gasteiger charge is 2.32. The normalized spacial score (nSPS) is 19.0. The van der Waals surface area contributed by atoms with Crippen molar-refractivity contribution >= 4 is 38.4 Å². The van der Waals surface area contributed by atoms with Gasteiger partial charge < -0.3 is 14.8 Å². The molecule has 1 aliphatic heterocycles. The van der Waals surface area contributed by atoms with Gasteiger partial charge in [-0.05, 0) is 49.6 Å². The van der Waals surface area contributed by atoms with Crippen LogP contribution in [0.2, 0.25) is 0 Å². The molecule has 4 rings (SSSR count). The Balaban J connectivity index is 1.37. The van der Waals surface area contributed by atoms with Crippen molar-refractivity contribution in [1.82, 2.24) is 4.31 Å². The number of carbonyl (C=O) groups excluding carboxylic acids is 2. The average Bonchev–Trinajstić information content (AvgIpc) is 2.82. The van der Waals surface area contributed by atoms with Gasteiger partial charge >= 0.3 is 5.97 Å². The highest BCUT2D eigenvalue weighted by atomic mass is 32.2. The van der Waals surface area contributed by atoms with E-state index in [1.165, 1.54) is 28.6 Å². The molecule has 0 aliphatic carbocycles. The van der Waals surface area contributed by atoms with Gasteiger partial charge in [-0.1, -0.05) is 36.4 Å². The van der Waals surface area contributed by atoms with Crippen molar-refractivity contribution in [1.29, 1.82) is 0 Å². The smallest absolute Gasteiger partial charge is 0.338 e. The largest absolute Gasteiger partial charge is 0.452 e. The van der Waals surface area contributed by atoms with Crippen molar-refractivity contribution in [3.63, 3.8) is 0 Å². The number of amides is 1. The van der Waals surface area contributed by atoms with Gasteiger partial charge in [-0.15, -0.1) is 0 Å². The molecule has 1 amide bonds. The summed E-state index contributed by atoms with van der Waals surface area (Å²) in [6, 6.07) is 18.7. The molecule has 0 spiro atoms. The van der Waals surface area contributed by atoms with Crippen LogP contribution >= 0.6 is 0 Å². The summed E-state index contributed by atoms with van der Waals surface area (Å²) in [5, 5.41) is 4.61. The Morgan fingerprint density at radius 1 is 0.971 bits per heavy atom. The Labute approximate surface area is 198 Å². The lowest BCUT2D eigenvalue weighted by Crippen LogP contribution is -2.48. The number of nitrogens with zero attached hydrogens (tertiary/aromatic N) is 1. The number of ether oxygens (including phenoxy) is 2. The van der Waals surface area contributed by atoms with Gasteiger partial charge in [-0.25, -0.2) is 13.2 Å². The Morgan fingerprint density at radius 3 is 2.32 bits per heavy atom. The topological polar surface area (TPSA) is 102 Å². The van der Waals surface area contributed by atoms with E-state index in [9.17, 15) is 18.0 Å². The molecule has 8 nitrogen and oxygen atoms in total. The van der Waals surface area contributed by atoms with E-state index in [1.807, 2.05) is 50.2 Å². The third kappa shape index (κ3) is 5.27. The van der Waals surface area contributed by atoms with Crippen molar-refractivity contribution in [2.75, 3.05) is 25.0 Å². The molecule has 0 bridgehead atoms. The lowest BCUT2D eigenvalue weighted by atomic mass is 10.1. The number of rotatable bonds is 6. The number of carbonyl (C=O) groups is 2. The summed E-state index contributed by atoms with van der Waals surface area (Å²) in [5.41, 5.74) is 0.779. The van der Waals surface area contributed by atoms with E-state index in [0.29, 0.717) is 5.69 Å². The molecular formula is C25H26N2O6S. The first-order valence-corrected chi connectivity index (χ1v) is 12.4. The number of nitrogens with one attached hydrogen (secondary N) is 1. The summed E-state index contributed by atoms with van der Waals surface area (Å²) in [7, 11) is -3.71. The maximum Gasteiger partial charge on any atom is 0.338 e. The van der Waals surface area contributed by atoms with Crippen LogP contribution in [0.25, 0.3) is 10.8 Å². The zero-order chi connectivity index (χ0) is 24.3. The van der Waals surface area contributed by atoms with Crippen LogP contribution in [0.4, 0.5) is 5.69 Å². The van der Waals surface area contributed by atoms with Crippen LogP contribution in [-0.4, -0.2) is 56.5 Å². The van der Waals surface area contributed by atoms with Gasteiger partial charge in [0.05, 0.1) is 22.7 Å². The second-order valence-electron chi connectivity index (χ2n) is 8.25. The number of benzene rings is 3. The second kappa shape index (κ2) is 9.92. The van der Waals surface area contributed by atoms with Crippen LogP contribution in [0.1, 0.15) is 24.2 Å². The van der Waals surface area contributed by atoms with E-state index < -0.39 is 28.5 Å². The van der Waals surface area contributed by atoms with E-state index >= 15 is 0 Å². The minimum Gasteiger partial charge on any atom is -0.452 e. The van der Waals surface area contributed by atoms with E-state index in [0.717, 1.165) is 10.8 Å². The molecule has 34 heavy (non-hydrogen) atoms. The first kappa shape index (κ1) is 23.9.